The molecule has 0 amide bonds. The molecule has 2 heterocycles. The highest BCUT2D eigenvalue weighted by Crippen LogP contribution is 2.43. The van der Waals surface area contributed by atoms with Crippen molar-refractivity contribution >= 4 is 28.5 Å². The van der Waals surface area contributed by atoms with Gasteiger partial charge in [0.05, 0.1) is 11.2 Å². The highest BCUT2D eigenvalue weighted by molar-refractivity contribution is 8.00. The van der Waals surface area contributed by atoms with E-state index in [2.05, 4.69) is 39.0 Å². The van der Waals surface area contributed by atoms with Crippen molar-refractivity contribution in [1.82, 2.24) is 9.97 Å². The fourth-order valence-electron chi connectivity index (χ4n) is 2.48. The highest BCUT2D eigenvalue weighted by atomic mass is 32.2. The summed E-state index contributed by atoms with van der Waals surface area (Å²) in [6.07, 6.45) is 6.26. The molecule has 0 atom stereocenters. The van der Waals surface area contributed by atoms with Gasteiger partial charge in [0.1, 0.15) is 5.03 Å². The zero-order valence-corrected chi connectivity index (χ0v) is 12.3. The largest absolute Gasteiger partial charge is 0.322 e. The Hall–Kier alpha value is -2.07. The summed E-state index contributed by atoms with van der Waals surface area (Å²) >= 11 is 1.58. The Balaban J connectivity index is 1.61. The highest BCUT2D eigenvalue weighted by Gasteiger charge is 2.26. The van der Waals surface area contributed by atoms with Crippen LogP contribution in [-0.4, -0.2) is 9.97 Å². The summed E-state index contributed by atoms with van der Waals surface area (Å²) in [5.41, 5.74) is 3.39. The van der Waals surface area contributed by atoms with Gasteiger partial charge in [-0.2, -0.15) is 0 Å². The van der Waals surface area contributed by atoms with Crippen LogP contribution in [0.3, 0.4) is 0 Å². The van der Waals surface area contributed by atoms with Gasteiger partial charge in [-0.15, -0.1) is 0 Å². The number of fused-ring (bicyclic) bond motifs is 1. The molecule has 0 saturated heterocycles. The standard InChI is InChI=1S/C17H15N3S/c1-4-13-5-2-10-18-16(13)15(7-1)20-21-17-14(12-8-9-12)6-3-11-19-17/h1-7,10-12,20H,8-9H2. The Morgan fingerprint density at radius 2 is 1.76 bits per heavy atom. The van der Waals surface area contributed by atoms with Crippen molar-refractivity contribution in [2.24, 2.45) is 0 Å². The SMILES string of the molecule is c1cnc(SNc2cccc3cccnc23)c(C2CC2)c1. The molecule has 1 N–H and O–H groups in total. The Morgan fingerprint density at radius 1 is 0.952 bits per heavy atom. The molecular weight excluding hydrogens is 278 g/mol. The molecule has 3 aromatic rings. The molecule has 104 valence electrons. The molecule has 1 fully saturated rings. The monoisotopic (exact) mass is 293 g/mol. The van der Waals surface area contributed by atoms with E-state index in [4.69, 9.17) is 0 Å². The number of anilines is 1. The lowest BCUT2D eigenvalue weighted by atomic mass is 10.2. The lowest BCUT2D eigenvalue weighted by Crippen LogP contribution is -1.94. The number of nitrogens with one attached hydrogen (secondary N) is 1. The first-order chi connectivity index (χ1) is 10.4. The molecule has 0 spiro atoms. The number of para-hydroxylation sites is 1. The van der Waals surface area contributed by atoms with E-state index in [1.807, 2.05) is 30.6 Å². The first-order valence-electron chi connectivity index (χ1n) is 7.13. The summed E-state index contributed by atoms with van der Waals surface area (Å²) < 4.78 is 3.42. The molecule has 1 saturated carbocycles. The quantitative estimate of drug-likeness (QED) is 0.712. The minimum atomic E-state index is 0.702. The van der Waals surface area contributed by atoms with E-state index in [0.717, 1.165) is 21.6 Å². The Labute approximate surface area is 128 Å². The molecule has 1 aromatic carbocycles. The molecule has 3 nitrogen and oxygen atoms in total. The van der Waals surface area contributed by atoms with Gasteiger partial charge in [-0.3, -0.25) is 4.98 Å². The van der Waals surface area contributed by atoms with Crippen LogP contribution >= 0.6 is 11.9 Å². The van der Waals surface area contributed by atoms with E-state index in [1.54, 1.807) is 11.9 Å². The summed E-state index contributed by atoms with van der Waals surface area (Å²) in [5.74, 6) is 0.702. The van der Waals surface area contributed by atoms with Gasteiger partial charge in [-0.1, -0.05) is 24.3 Å². The minimum Gasteiger partial charge on any atom is -0.322 e. The lowest BCUT2D eigenvalue weighted by molar-refractivity contribution is 0.986. The lowest BCUT2D eigenvalue weighted by Gasteiger charge is -2.10. The third-order valence-corrected chi connectivity index (χ3v) is 4.56. The number of hydrogen-bond acceptors (Lipinski definition) is 4. The zero-order chi connectivity index (χ0) is 14.1. The molecule has 2 aromatic heterocycles. The van der Waals surface area contributed by atoms with Crippen molar-refractivity contribution < 1.29 is 0 Å². The van der Waals surface area contributed by atoms with Crippen LogP contribution in [0.1, 0.15) is 24.3 Å². The average molecular weight is 293 g/mol. The summed E-state index contributed by atoms with van der Waals surface area (Å²) in [7, 11) is 0. The Kier molecular flexibility index (Phi) is 3.24. The van der Waals surface area contributed by atoms with Gasteiger partial charge in [0.25, 0.3) is 0 Å². The van der Waals surface area contributed by atoms with Crippen LogP contribution < -0.4 is 4.72 Å². The van der Waals surface area contributed by atoms with Crippen LogP contribution in [-0.2, 0) is 0 Å². The van der Waals surface area contributed by atoms with Crippen LogP contribution in [0.15, 0.2) is 59.9 Å². The first-order valence-corrected chi connectivity index (χ1v) is 7.95. The number of nitrogens with zero attached hydrogens (tertiary/aromatic N) is 2. The average Bonchev–Trinajstić information content (AvgIpc) is 3.38. The van der Waals surface area contributed by atoms with Crippen LogP contribution in [0, 0.1) is 0 Å². The predicted octanol–water partition coefficient (Wildman–Crippen LogP) is 4.63. The van der Waals surface area contributed by atoms with Crippen molar-refractivity contribution in [3.8, 4) is 0 Å². The molecular formula is C17H15N3S. The topological polar surface area (TPSA) is 37.8 Å². The number of hydrogen-bond donors (Lipinski definition) is 1. The Bertz CT molecular complexity index is 778. The molecule has 21 heavy (non-hydrogen) atoms. The maximum absolute atomic E-state index is 4.52. The van der Waals surface area contributed by atoms with Gasteiger partial charge in [0.2, 0.25) is 0 Å². The molecule has 4 heteroatoms. The molecule has 0 aliphatic heterocycles. The van der Waals surface area contributed by atoms with Crippen molar-refractivity contribution in [2.75, 3.05) is 4.72 Å². The maximum Gasteiger partial charge on any atom is 0.120 e. The van der Waals surface area contributed by atoms with Gasteiger partial charge in [-0.25, -0.2) is 4.98 Å². The first kappa shape index (κ1) is 12.7. The molecule has 1 aliphatic rings. The molecule has 0 unspecified atom stereocenters. The molecule has 4 rings (SSSR count). The number of benzene rings is 1. The maximum atomic E-state index is 4.52. The van der Waals surface area contributed by atoms with E-state index >= 15 is 0 Å². The Morgan fingerprint density at radius 3 is 2.67 bits per heavy atom. The summed E-state index contributed by atoms with van der Waals surface area (Å²) in [5, 5.41) is 2.22. The van der Waals surface area contributed by atoms with Crippen molar-refractivity contribution in [1.29, 1.82) is 0 Å². The van der Waals surface area contributed by atoms with Crippen LogP contribution in [0.5, 0.6) is 0 Å². The fourth-order valence-corrected chi connectivity index (χ4v) is 3.32. The number of aromatic nitrogens is 2. The third-order valence-electron chi connectivity index (χ3n) is 3.71. The van der Waals surface area contributed by atoms with Crippen molar-refractivity contribution in [2.45, 2.75) is 23.8 Å². The second-order valence-electron chi connectivity index (χ2n) is 5.26. The second-order valence-corrected chi connectivity index (χ2v) is 6.05. The summed E-state index contributed by atoms with van der Waals surface area (Å²) in [4.78, 5) is 8.98. The predicted molar refractivity (Wildman–Crippen MR) is 87.4 cm³/mol. The molecule has 0 bridgehead atoms. The normalized spacial score (nSPS) is 14.3. The third kappa shape index (κ3) is 2.59. The summed E-state index contributed by atoms with van der Waals surface area (Å²) in [6, 6.07) is 14.4. The minimum absolute atomic E-state index is 0.702. The molecule has 0 radical (unpaired) electrons. The van der Waals surface area contributed by atoms with Gasteiger partial charge in [-0.05, 0) is 42.5 Å². The van der Waals surface area contributed by atoms with E-state index < -0.39 is 0 Å². The number of pyridine rings is 2. The molecule has 1 aliphatic carbocycles. The van der Waals surface area contributed by atoms with E-state index in [-0.39, 0.29) is 0 Å². The van der Waals surface area contributed by atoms with Gasteiger partial charge >= 0.3 is 0 Å². The zero-order valence-electron chi connectivity index (χ0n) is 11.5. The van der Waals surface area contributed by atoms with Gasteiger partial charge < -0.3 is 4.72 Å². The van der Waals surface area contributed by atoms with Crippen molar-refractivity contribution in [3.63, 3.8) is 0 Å². The number of rotatable bonds is 4. The van der Waals surface area contributed by atoms with Crippen molar-refractivity contribution in [3.05, 3.63) is 60.4 Å². The van der Waals surface area contributed by atoms with E-state index in [9.17, 15) is 0 Å². The van der Waals surface area contributed by atoms with Gasteiger partial charge in [0, 0.05) is 29.7 Å². The van der Waals surface area contributed by atoms with Crippen LogP contribution in [0.25, 0.3) is 10.9 Å². The van der Waals surface area contributed by atoms with Crippen LogP contribution in [0.2, 0.25) is 0 Å². The smallest absolute Gasteiger partial charge is 0.120 e. The fraction of sp³-hybridized carbons (Fsp3) is 0.176. The van der Waals surface area contributed by atoms with E-state index in [0.29, 0.717) is 5.92 Å². The summed E-state index contributed by atoms with van der Waals surface area (Å²) in [6.45, 7) is 0. The van der Waals surface area contributed by atoms with Crippen LogP contribution in [0.4, 0.5) is 5.69 Å². The second kappa shape index (κ2) is 5.37. The van der Waals surface area contributed by atoms with E-state index in [1.165, 1.54) is 18.4 Å². The van der Waals surface area contributed by atoms with Gasteiger partial charge in [0.15, 0.2) is 0 Å².